The highest BCUT2D eigenvalue weighted by Crippen LogP contribution is 2.26. The molecule has 6 heteroatoms. The van der Waals surface area contributed by atoms with Crippen LogP contribution in [0.4, 0.5) is 11.4 Å². The third-order valence-electron chi connectivity index (χ3n) is 2.95. The molecule has 0 amide bonds. The Hall–Kier alpha value is -1.66. The van der Waals surface area contributed by atoms with Gasteiger partial charge in [-0.25, -0.2) is 0 Å². The van der Waals surface area contributed by atoms with Crippen molar-refractivity contribution in [3.63, 3.8) is 0 Å². The summed E-state index contributed by atoms with van der Waals surface area (Å²) in [4.78, 5) is 12.9. The van der Waals surface area contributed by atoms with Crippen LogP contribution in [0.2, 0.25) is 0 Å². The molecule has 0 unspecified atom stereocenters. The predicted molar refractivity (Wildman–Crippen MR) is 80.1 cm³/mol. The van der Waals surface area contributed by atoms with E-state index >= 15 is 0 Å². The number of hydrogen-bond acceptors (Lipinski definition) is 5. The molecule has 0 fully saturated rings. The second-order valence-corrected chi connectivity index (χ2v) is 4.77. The van der Waals surface area contributed by atoms with E-state index in [1.165, 1.54) is 0 Å². The molecule has 0 aromatic heterocycles. The second-order valence-electron chi connectivity index (χ2n) is 4.77. The Morgan fingerprint density at radius 2 is 2.20 bits per heavy atom. The lowest BCUT2D eigenvalue weighted by Gasteiger charge is -2.16. The maximum absolute atomic E-state index is 11.1. The van der Waals surface area contributed by atoms with Crippen LogP contribution < -0.4 is 5.32 Å². The first-order valence-electron chi connectivity index (χ1n) is 6.77. The summed E-state index contributed by atoms with van der Waals surface area (Å²) < 4.78 is 5.02. The number of benzene rings is 1. The molecule has 0 saturated heterocycles. The monoisotopic (exact) mass is 281 g/mol. The van der Waals surface area contributed by atoms with Crippen LogP contribution in [0.5, 0.6) is 0 Å². The first-order chi connectivity index (χ1) is 9.58. The average molecular weight is 281 g/mol. The lowest BCUT2D eigenvalue weighted by atomic mass is 10.1. The van der Waals surface area contributed by atoms with Crippen LogP contribution in [0.1, 0.15) is 18.9 Å². The van der Waals surface area contributed by atoms with E-state index in [1.54, 1.807) is 19.2 Å². The summed E-state index contributed by atoms with van der Waals surface area (Å²) >= 11 is 0. The number of nitrogens with zero attached hydrogens (tertiary/aromatic N) is 2. The van der Waals surface area contributed by atoms with Crippen LogP contribution >= 0.6 is 0 Å². The van der Waals surface area contributed by atoms with E-state index in [4.69, 9.17) is 4.74 Å². The SMILES string of the molecule is CCCNc1ccc(CN(C)CCOC)cc1[N+](=O)[O-]. The van der Waals surface area contributed by atoms with Gasteiger partial charge >= 0.3 is 0 Å². The fourth-order valence-corrected chi connectivity index (χ4v) is 1.87. The zero-order valence-corrected chi connectivity index (χ0v) is 12.4. The van der Waals surface area contributed by atoms with E-state index in [1.807, 2.05) is 20.0 Å². The number of hydrogen-bond donors (Lipinski definition) is 1. The highest BCUT2D eigenvalue weighted by Gasteiger charge is 2.14. The minimum absolute atomic E-state index is 0.135. The summed E-state index contributed by atoms with van der Waals surface area (Å²) in [6.07, 6.45) is 0.929. The Balaban J connectivity index is 2.79. The first kappa shape index (κ1) is 16.4. The van der Waals surface area contributed by atoms with Gasteiger partial charge in [-0.15, -0.1) is 0 Å². The zero-order chi connectivity index (χ0) is 15.0. The van der Waals surface area contributed by atoms with Gasteiger partial charge in [-0.3, -0.25) is 15.0 Å². The van der Waals surface area contributed by atoms with Gasteiger partial charge in [-0.1, -0.05) is 13.0 Å². The van der Waals surface area contributed by atoms with Crippen molar-refractivity contribution in [1.82, 2.24) is 4.90 Å². The van der Waals surface area contributed by atoms with Gasteiger partial charge in [0.25, 0.3) is 5.69 Å². The molecule has 1 aromatic rings. The van der Waals surface area contributed by atoms with E-state index in [0.717, 1.165) is 25.1 Å². The first-order valence-corrected chi connectivity index (χ1v) is 6.77. The fraction of sp³-hybridized carbons (Fsp3) is 0.571. The van der Waals surface area contributed by atoms with Crippen molar-refractivity contribution < 1.29 is 9.66 Å². The van der Waals surface area contributed by atoms with Crippen molar-refractivity contribution in [3.8, 4) is 0 Å². The van der Waals surface area contributed by atoms with Gasteiger partial charge in [-0.2, -0.15) is 0 Å². The van der Waals surface area contributed by atoms with Gasteiger partial charge < -0.3 is 10.1 Å². The third-order valence-corrected chi connectivity index (χ3v) is 2.95. The average Bonchev–Trinajstić information content (AvgIpc) is 2.43. The number of nitro groups is 1. The van der Waals surface area contributed by atoms with Crippen molar-refractivity contribution in [2.45, 2.75) is 19.9 Å². The molecule has 1 N–H and O–H groups in total. The zero-order valence-electron chi connectivity index (χ0n) is 12.4. The summed E-state index contributed by atoms with van der Waals surface area (Å²) in [6.45, 7) is 4.86. The minimum Gasteiger partial charge on any atom is -0.383 e. The van der Waals surface area contributed by atoms with Crippen LogP contribution in [0.25, 0.3) is 0 Å². The number of rotatable bonds is 9. The molecular weight excluding hydrogens is 258 g/mol. The molecule has 0 aliphatic carbocycles. The Kier molecular flexibility index (Phi) is 6.97. The Bertz CT molecular complexity index is 438. The molecule has 0 radical (unpaired) electrons. The Morgan fingerprint density at radius 3 is 2.80 bits per heavy atom. The largest absolute Gasteiger partial charge is 0.383 e. The molecule has 6 nitrogen and oxygen atoms in total. The second kappa shape index (κ2) is 8.50. The number of anilines is 1. The number of methoxy groups -OCH3 is 1. The van der Waals surface area contributed by atoms with Gasteiger partial charge in [0.1, 0.15) is 5.69 Å². The molecule has 1 rings (SSSR count). The van der Waals surface area contributed by atoms with Crippen LogP contribution in [-0.2, 0) is 11.3 Å². The molecule has 0 saturated carbocycles. The van der Waals surface area contributed by atoms with E-state index in [2.05, 4.69) is 10.2 Å². The molecule has 0 atom stereocenters. The van der Waals surface area contributed by atoms with E-state index < -0.39 is 0 Å². The van der Waals surface area contributed by atoms with Crippen LogP contribution in [-0.4, -0.2) is 43.7 Å². The van der Waals surface area contributed by atoms with Gasteiger partial charge in [0.2, 0.25) is 0 Å². The van der Waals surface area contributed by atoms with Crippen molar-refractivity contribution in [2.24, 2.45) is 0 Å². The van der Waals surface area contributed by atoms with E-state index in [9.17, 15) is 10.1 Å². The number of ether oxygens (including phenoxy) is 1. The highest BCUT2D eigenvalue weighted by molar-refractivity contribution is 5.62. The maximum Gasteiger partial charge on any atom is 0.292 e. The number of nitrogens with one attached hydrogen (secondary N) is 1. The van der Waals surface area contributed by atoms with Crippen LogP contribution in [0, 0.1) is 10.1 Å². The normalized spacial score (nSPS) is 10.8. The number of nitro benzene ring substituents is 1. The summed E-state index contributed by atoms with van der Waals surface area (Å²) in [6, 6.07) is 5.35. The Labute approximate surface area is 119 Å². The molecule has 0 spiro atoms. The number of likely N-dealkylation sites (N-methyl/N-ethyl adjacent to an activating group) is 1. The molecule has 20 heavy (non-hydrogen) atoms. The van der Waals surface area contributed by atoms with Crippen LogP contribution in [0.3, 0.4) is 0 Å². The Morgan fingerprint density at radius 1 is 1.45 bits per heavy atom. The molecule has 1 aromatic carbocycles. The predicted octanol–water partition coefficient (Wildman–Crippen LogP) is 2.49. The van der Waals surface area contributed by atoms with Gasteiger partial charge in [-0.05, 0) is 25.1 Å². The van der Waals surface area contributed by atoms with Gasteiger partial charge in [0.05, 0.1) is 11.5 Å². The summed E-state index contributed by atoms with van der Waals surface area (Å²) in [5.41, 5.74) is 1.65. The molecule has 112 valence electrons. The summed E-state index contributed by atoms with van der Waals surface area (Å²) in [7, 11) is 3.63. The molecule has 0 aliphatic heterocycles. The minimum atomic E-state index is -0.337. The fourth-order valence-electron chi connectivity index (χ4n) is 1.87. The molecule has 0 aliphatic rings. The van der Waals surface area contributed by atoms with Crippen molar-refractivity contribution in [2.75, 3.05) is 39.2 Å². The van der Waals surface area contributed by atoms with Crippen molar-refractivity contribution in [3.05, 3.63) is 33.9 Å². The lowest BCUT2D eigenvalue weighted by molar-refractivity contribution is -0.384. The summed E-state index contributed by atoms with van der Waals surface area (Å²) in [5, 5.41) is 14.2. The molecule has 0 bridgehead atoms. The summed E-state index contributed by atoms with van der Waals surface area (Å²) in [5.74, 6) is 0. The van der Waals surface area contributed by atoms with Gasteiger partial charge in [0, 0.05) is 32.8 Å². The quantitative estimate of drug-likeness (QED) is 0.556. The highest BCUT2D eigenvalue weighted by atomic mass is 16.6. The van der Waals surface area contributed by atoms with Crippen LogP contribution in [0.15, 0.2) is 18.2 Å². The van der Waals surface area contributed by atoms with E-state index in [-0.39, 0.29) is 10.6 Å². The lowest BCUT2D eigenvalue weighted by Crippen LogP contribution is -2.22. The molecule has 0 heterocycles. The van der Waals surface area contributed by atoms with Crippen molar-refractivity contribution in [1.29, 1.82) is 0 Å². The standard InChI is InChI=1S/C14H23N3O3/c1-4-7-15-13-6-5-12(10-14(13)17(18)19)11-16(2)8-9-20-3/h5-6,10,15H,4,7-9,11H2,1-3H3. The van der Waals surface area contributed by atoms with E-state index in [0.29, 0.717) is 18.8 Å². The third kappa shape index (κ3) is 5.14. The smallest absolute Gasteiger partial charge is 0.292 e. The van der Waals surface area contributed by atoms with Gasteiger partial charge in [0.15, 0.2) is 0 Å². The molecular formula is C14H23N3O3. The van der Waals surface area contributed by atoms with Crippen molar-refractivity contribution >= 4 is 11.4 Å². The maximum atomic E-state index is 11.1. The topological polar surface area (TPSA) is 67.6 Å².